The van der Waals surface area contributed by atoms with E-state index in [4.69, 9.17) is 56.8 Å². The lowest BCUT2D eigenvalue weighted by molar-refractivity contribution is -0.374. The average Bonchev–Trinajstić information content (AvgIpc) is 1.65. The standard InChI is InChI=1S/C78H145NO34/c1-3-5-7-9-11-13-15-17-18-19-20-21-22-23-24-25-27-29-31-33-35-37-47(85)72(101)79-45(54(90)46(84)36-34-32-30-28-26-16-14-12-10-8-6-4-2)42-102-73-61(97)58(94)56(92)53(106-73)44-104-77-69(55(91)51(89)43-103-77)111-76-64(100)68(57(93)52(41-83)105-76)110-78-71(113-75-63(99)60(96)66(108-75)49(87)39-81)70(67(109-78)50(88)40-82)112-74-62(98)59(95)65(107-74)48(86)38-80/h45-71,73-78,80-100H,3-44H2,1-2H3,(H,79,101). The van der Waals surface area contributed by atoms with E-state index in [1.54, 1.807) is 0 Å². The second-order valence-corrected chi connectivity index (χ2v) is 31.9. The van der Waals surface area contributed by atoms with Crippen LogP contribution in [0.3, 0.4) is 0 Å². The van der Waals surface area contributed by atoms with Crippen molar-refractivity contribution in [1.29, 1.82) is 0 Å². The Balaban J connectivity index is 1.08. The second-order valence-electron chi connectivity index (χ2n) is 31.9. The first kappa shape index (κ1) is 100.0. The summed E-state index contributed by atoms with van der Waals surface area (Å²) in [5.74, 6) is -0.856. The molecule has 22 N–H and O–H groups in total. The Kier molecular flexibility index (Phi) is 48.2. The van der Waals surface area contributed by atoms with Crippen molar-refractivity contribution >= 4 is 5.91 Å². The molecule has 0 aromatic carbocycles. The number of carbonyl (C=O) groups is 1. The van der Waals surface area contributed by atoms with Crippen LogP contribution in [0.2, 0.25) is 0 Å². The topological polar surface area (TPSA) is 565 Å². The molecule has 113 heavy (non-hydrogen) atoms. The summed E-state index contributed by atoms with van der Waals surface area (Å²) in [6.45, 7) is -1.84. The van der Waals surface area contributed by atoms with Gasteiger partial charge in [0.15, 0.2) is 37.7 Å². The fourth-order valence-electron chi connectivity index (χ4n) is 15.5. The molecule has 35 nitrogen and oxygen atoms in total. The SMILES string of the molecule is CCCCCCCCCCCCCCCCCCCCCCCC(O)C(=O)NC(COC1OC(COC2OCC(O)C(O)C2OC2OC(CO)C(O)C(OC3OC(C(O)CO)C(OC4OC(C(O)CO)C(O)C4O)C3OC3OC(C(O)CO)C(O)C3O)C2O)C(O)C(O)C1O)C(O)C(O)CCCCCCCCCCCCCC. The molecule has 33 unspecified atom stereocenters. The summed E-state index contributed by atoms with van der Waals surface area (Å²) in [7, 11) is 0. The van der Waals surface area contributed by atoms with E-state index in [9.17, 15) is 112 Å². The molecule has 6 aliphatic rings. The zero-order valence-electron chi connectivity index (χ0n) is 66.4. The first-order chi connectivity index (χ1) is 54.4. The van der Waals surface area contributed by atoms with Gasteiger partial charge in [-0.05, 0) is 12.8 Å². The molecule has 35 heteroatoms. The Bertz CT molecular complexity index is 2450. The third kappa shape index (κ3) is 31.5. The molecule has 1 amide bonds. The van der Waals surface area contributed by atoms with E-state index in [0.29, 0.717) is 12.8 Å². The smallest absolute Gasteiger partial charge is 0.249 e. The number of amides is 1. The lowest BCUT2D eigenvalue weighted by atomic mass is 9.98. The minimum Gasteiger partial charge on any atom is -0.394 e. The highest BCUT2D eigenvalue weighted by molar-refractivity contribution is 5.80. The number of aliphatic hydroxyl groups excluding tert-OH is 21. The van der Waals surface area contributed by atoms with Gasteiger partial charge in [-0.25, -0.2) is 0 Å². The summed E-state index contributed by atoms with van der Waals surface area (Å²) in [6.07, 6.45) is -22.8. The second kappa shape index (κ2) is 54.5. The lowest BCUT2D eigenvalue weighted by Crippen LogP contribution is -2.64. The molecular formula is C78H145NO34. The van der Waals surface area contributed by atoms with E-state index >= 15 is 0 Å². The Morgan fingerprint density at radius 2 is 0.752 bits per heavy atom. The quantitative estimate of drug-likeness (QED) is 0.0319. The van der Waals surface area contributed by atoms with Crippen molar-refractivity contribution in [3.05, 3.63) is 0 Å². The molecule has 666 valence electrons. The van der Waals surface area contributed by atoms with Crippen LogP contribution in [0.4, 0.5) is 0 Å². The molecule has 0 spiro atoms. The van der Waals surface area contributed by atoms with E-state index in [1.165, 1.54) is 135 Å². The van der Waals surface area contributed by atoms with E-state index < -0.39 is 255 Å². The maximum Gasteiger partial charge on any atom is 0.249 e. The third-order valence-corrected chi connectivity index (χ3v) is 22.7. The number of carbonyl (C=O) groups excluding carboxylic acids is 1. The van der Waals surface area contributed by atoms with E-state index in [0.717, 1.165) is 64.2 Å². The van der Waals surface area contributed by atoms with Gasteiger partial charge in [0.05, 0.1) is 58.4 Å². The summed E-state index contributed by atoms with van der Waals surface area (Å²) in [6, 6.07) is -1.43. The van der Waals surface area contributed by atoms with Crippen LogP contribution >= 0.6 is 0 Å². The number of hydrogen-bond acceptors (Lipinski definition) is 34. The van der Waals surface area contributed by atoms with Gasteiger partial charge in [-0.2, -0.15) is 0 Å². The number of hydrogen-bond donors (Lipinski definition) is 22. The summed E-state index contributed by atoms with van der Waals surface area (Å²) >= 11 is 0. The normalized spacial score (nSPS) is 35.5. The largest absolute Gasteiger partial charge is 0.394 e. The number of ether oxygens (including phenoxy) is 12. The van der Waals surface area contributed by atoms with E-state index in [-0.39, 0.29) is 12.8 Å². The first-order valence-electron chi connectivity index (χ1n) is 42.4. The van der Waals surface area contributed by atoms with Crippen LogP contribution in [0.25, 0.3) is 0 Å². The predicted octanol–water partition coefficient (Wildman–Crippen LogP) is -1.18. The van der Waals surface area contributed by atoms with Gasteiger partial charge >= 0.3 is 0 Å². The van der Waals surface area contributed by atoms with Gasteiger partial charge in [-0.15, -0.1) is 0 Å². The van der Waals surface area contributed by atoms with Crippen molar-refractivity contribution in [2.24, 2.45) is 0 Å². The fraction of sp³-hybridized carbons (Fsp3) is 0.987. The molecule has 0 aromatic rings. The minimum atomic E-state index is -2.30. The molecule has 6 heterocycles. The fourth-order valence-corrected chi connectivity index (χ4v) is 15.5. The highest BCUT2D eigenvalue weighted by Gasteiger charge is 2.60. The number of unbranched alkanes of at least 4 members (excludes halogenated alkanes) is 31. The highest BCUT2D eigenvalue weighted by atomic mass is 16.8. The van der Waals surface area contributed by atoms with Crippen molar-refractivity contribution in [2.45, 2.75) is 441 Å². The van der Waals surface area contributed by atoms with Crippen molar-refractivity contribution in [2.75, 3.05) is 46.2 Å². The highest BCUT2D eigenvalue weighted by Crippen LogP contribution is 2.40. The Hall–Kier alpha value is -1.85. The van der Waals surface area contributed by atoms with Crippen LogP contribution in [-0.4, -0.2) is 362 Å². The molecule has 33 atom stereocenters. The zero-order valence-corrected chi connectivity index (χ0v) is 66.4. The molecule has 0 bridgehead atoms. The molecular weight excluding hydrogens is 1490 g/mol. The van der Waals surface area contributed by atoms with Crippen LogP contribution in [0.5, 0.6) is 0 Å². The van der Waals surface area contributed by atoms with Gasteiger partial charge < -0.3 is 169 Å². The lowest BCUT2D eigenvalue weighted by Gasteiger charge is -2.46. The molecule has 0 aromatic heterocycles. The van der Waals surface area contributed by atoms with Gasteiger partial charge in [-0.3, -0.25) is 4.79 Å². The summed E-state index contributed by atoms with van der Waals surface area (Å²) in [5, 5.41) is 233. The minimum absolute atomic E-state index is 0.109. The van der Waals surface area contributed by atoms with Crippen molar-refractivity contribution in [3.8, 4) is 0 Å². The molecule has 6 aliphatic heterocycles. The maximum absolute atomic E-state index is 13.7. The summed E-state index contributed by atoms with van der Waals surface area (Å²) < 4.78 is 70.6. The van der Waals surface area contributed by atoms with Crippen LogP contribution < -0.4 is 5.32 Å². The van der Waals surface area contributed by atoms with Gasteiger partial charge in [0, 0.05) is 0 Å². The van der Waals surface area contributed by atoms with Gasteiger partial charge in [0.1, 0.15) is 153 Å². The number of aliphatic hydroxyl groups is 21. The first-order valence-corrected chi connectivity index (χ1v) is 42.4. The number of rotatable bonds is 60. The summed E-state index contributed by atoms with van der Waals surface area (Å²) in [4.78, 5) is 13.7. The Morgan fingerprint density at radius 1 is 0.363 bits per heavy atom. The van der Waals surface area contributed by atoms with Gasteiger partial charge in [0.2, 0.25) is 5.91 Å². The van der Waals surface area contributed by atoms with Crippen LogP contribution in [0, 0.1) is 0 Å². The molecule has 0 aliphatic carbocycles. The zero-order chi connectivity index (χ0) is 82.5. The molecule has 0 saturated carbocycles. The van der Waals surface area contributed by atoms with Crippen LogP contribution in [0.15, 0.2) is 0 Å². The van der Waals surface area contributed by atoms with Crippen molar-refractivity contribution < 1.29 is 169 Å². The van der Waals surface area contributed by atoms with Crippen LogP contribution in [0.1, 0.15) is 239 Å². The molecule has 6 rings (SSSR count). The van der Waals surface area contributed by atoms with Gasteiger partial charge in [0.25, 0.3) is 0 Å². The average molecular weight is 1640 g/mol. The van der Waals surface area contributed by atoms with E-state index in [2.05, 4.69) is 19.2 Å². The van der Waals surface area contributed by atoms with Gasteiger partial charge in [-0.1, -0.05) is 226 Å². The van der Waals surface area contributed by atoms with Crippen LogP contribution in [-0.2, 0) is 61.6 Å². The molecule has 6 fully saturated rings. The monoisotopic (exact) mass is 1640 g/mol. The molecule has 0 radical (unpaired) electrons. The third-order valence-electron chi connectivity index (χ3n) is 22.7. The van der Waals surface area contributed by atoms with Crippen molar-refractivity contribution in [3.63, 3.8) is 0 Å². The Labute approximate surface area is 665 Å². The Morgan fingerprint density at radius 3 is 1.21 bits per heavy atom. The maximum atomic E-state index is 13.7. The predicted molar refractivity (Wildman–Crippen MR) is 400 cm³/mol. The number of nitrogens with one attached hydrogen (secondary N) is 1. The summed E-state index contributed by atoms with van der Waals surface area (Å²) in [5.41, 5.74) is 0. The van der Waals surface area contributed by atoms with Crippen molar-refractivity contribution in [1.82, 2.24) is 5.32 Å². The molecule has 6 saturated heterocycles. The van der Waals surface area contributed by atoms with E-state index in [1.807, 2.05) is 0 Å².